The molecule has 0 heteroatoms. The second-order valence-corrected chi connectivity index (χ2v) is 3.94. The summed E-state index contributed by atoms with van der Waals surface area (Å²) in [6, 6.07) is 0. The first kappa shape index (κ1) is 19.1. The second kappa shape index (κ2) is 18.1. The molecule has 0 aromatic rings. The largest absolute Gasteiger partial charge is 0.0991 e. The highest BCUT2D eigenvalue weighted by atomic mass is 13.7. The van der Waals surface area contributed by atoms with Crippen molar-refractivity contribution >= 4 is 0 Å². The van der Waals surface area contributed by atoms with E-state index in [-0.39, 0.29) is 0 Å². The Morgan fingerprint density at radius 1 is 0.227 bits per heavy atom. The zero-order valence-electron chi connectivity index (χ0n) is 13.0. The van der Waals surface area contributed by atoms with Gasteiger partial charge in [-0.2, -0.15) is 0 Å². The Bertz CT molecular complexity index is 489. The van der Waals surface area contributed by atoms with Gasteiger partial charge in [-0.1, -0.05) is 135 Å². The molecule has 0 aliphatic carbocycles. The summed E-state index contributed by atoms with van der Waals surface area (Å²) in [7, 11) is 0. The summed E-state index contributed by atoms with van der Waals surface area (Å²) in [5.74, 6) is 0. The number of allylic oxidation sites excluding steroid dienone is 20. The van der Waals surface area contributed by atoms with Gasteiger partial charge < -0.3 is 0 Å². The molecule has 22 heavy (non-hydrogen) atoms. The Hall–Kier alpha value is -2.86. The summed E-state index contributed by atoms with van der Waals surface area (Å²) < 4.78 is 0. The van der Waals surface area contributed by atoms with Gasteiger partial charge in [-0.3, -0.25) is 0 Å². The highest BCUT2D eigenvalue weighted by molar-refractivity contribution is 5.22. The quantitative estimate of drug-likeness (QED) is 0.410. The van der Waals surface area contributed by atoms with E-state index in [0.29, 0.717) is 0 Å². The minimum absolute atomic E-state index is 1.75. The molecule has 0 aromatic carbocycles. The van der Waals surface area contributed by atoms with Crippen molar-refractivity contribution < 1.29 is 0 Å². The molecule has 0 unspecified atom stereocenters. The first-order valence-corrected chi connectivity index (χ1v) is 7.15. The van der Waals surface area contributed by atoms with Crippen molar-refractivity contribution in [2.45, 2.75) is 0 Å². The maximum absolute atomic E-state index is 3.60. The smallest absolute Gasteiger partial charge is 0.0623 e. The highest BCUT2D eigenvalue weighted by Gasteiger charge is 1.64. The third-order valence-corrected chi connectivity index (χ3v) is 2.16. The molecule has 0 fully saturated rings. The molecule has 0 saturated carbocycles. The van der Waals surface area contributed by atoms with Gasteiger partial charge in [-0.05, 0) is 0 Å². The van der Waals surface area contributed by atoms with E-state index in [2.05, 4.69) is 13.2 Å². The van der Waals surface area contributed by atoms with Gasteiger partial charge in [0.15, 0.2) is 0 Å². The molecule has 0 spiro atoms. The SMILES string of the molecule is C=CC=CC=CC=CC=CC=CC=CC=CC=CC=CC=C. The second-order valence-electron chi connectivity index (χ2n) is 3.94. The van der Waals surface area contributed by atoms with E-state index in [1.165, 1.54) is 0 Å². The van der Waals surface area contributed by atoms with Gasteiger partial charge in [0.2, 0.25) is 0 Å². The van der Waals surface area contributed by atoms with Crippen LogP contribution in [-0.4, -0.2) is 0 Å². The summed E-state index contributed by atoms with van der Waals surface area (Å²) in [5.41, 5.74) is 0. The van der Waals surface area contributed by atoms with E-state index in [9.17, 15) is 0 Å². The lowest BCUT2D eigenvalue weighted by molar-refractivity contribution is 1.82. The lowest BCUT2D eigenvalue weighted by Gasteiger charge is -1.75. The zero-order valence-corrected chi connectivity index (χ0v) is 13.0. The molecule has 112 valence electrons. The molecule has 0 bridgehead atoms. The molecular weight excluding hydrogens is 264 g/mol. The van der Waals surface area contributed by atoms with Crippen LogP contribution in [0.3, 0.4) is 0 Å². The van der Waals surface area contributed by atoms with Crippen molar-refractivity contribution in [3.8, 4) is 0 Å². The summed E-state index contributed by atoms with van der Waals surface area (Å²) in [4.78, 5) is 0. The van der Waals surface area contributed by atoms with Crippen LogP contribution in [0.2, 0.25) is 0 Å². The van der Waals surface area contributed by atoms with E-state index >= 15 is 0 Å². The van der Waals surface area contributed by atoms with Crippen molar-refractivity contribution in [1.82, 2.24) is 0 Å². The maximum Gasteiger partial charge on any atom is -0.0623 e. The van der Waals surface area contributed by atoms with Crippen LogP contribution in [0.4, 0.5) is 0 Å². The molecule has 0 amide bonds. The van der Waals surface area contributed by atoms with Gasteiger partial charge >= 0.3 is 0 Å². The lowest BCUT2D eigenvalue weighted by atomic mass is 10.3. The Kier molecular flexibility index (Phi) is 15.8. The third kappa shape index (κ3) is 17.1. The average Bonchev–Trinajstić information content (AvgIpc) is 2.54. The lowest BCUT2D eigenvalue weighted by Crippen LogP contribution is -1.54. The Morgan fingerprint density at radius 3 is 0.500 bits per heavy atom. The minimum Gasteiger partial charge on any atom is -0.0991 e. The molecule has 0 atom stereocenters. The van der Waals surface area contributed by atoms with Crippen LogP contribution < -0.4 is 0 Å². The molecule has 0 aliphatic rings. The van der Waals surface area contributed by atoms with Crippen LogP contribution in [0.15, 0.2) is 135 Å². The van der Waals surface area contributed by atoms with E-state index in [0.717, 1.165) is 0 Å². The average molecular weight is 288 g/mol. The number of hydrogen-bond acceptors (Lipinski definition) is 0. The highest BCUT2D eigenvalue weighted by Crippen LogP contribution is 1.86. The third-order valence-electron chi connectivity index (χ3n) is 2.16. The summed E-state index contributed by atoms with van der Waals surface area (Å²) in [6.45, 7) is 7.20. The van der Waals surface area contributed by atoms with Gasteiger partial charge in [-0.15, -0.1) is 0 Å². The summed E-state index contributed by atoms with van der Waals surface area (Å²) in [6.07, 6.45) is 38.8. The minimum atomic E-state index is 1.75. The predicted octanol–water partition coefficient (Wildman–Crippen LogP) is 6.36. The molecule has 0 nitrogen and oxygen atoms in total. The molecule has 0 N–H and O–H groups in total. The summed E-state index contributed by atoms with van der Waals surface area (Å²) >= 11 is 0. The molecule has 0 heterocycles. The van der Waals surface area contributed by atoms with Gasteiger partial charge in [0.05, 0.1) is 0 Å². The molecule has 0 radical (unpaired) electrons. The Labute approximate surface area is 135 Å². The molecule has 0 aromatic heterocycles. The summed E-state index contributed by atoms with van der Waals surface area (Å²) in [5, 5.41) is 0. The molecule has 0 aliphatic heterocycles. The normalized spacial score (nSPS) is 14.0. The van der Waals surface area contributed by atoms with Crippen LogP contribution >= 0.6 is 0 Å². The van der Waals surface area contributed by atoms with Crippen molar-refractivity contribution in [1.29, 1.82) is 0 Å². The fourth-order valence-corrected chi connectivity index (χ4v) is 1.18. The Balaban J connectivity index is 3.89. The first-order valence-electron chi connectivity index (χ1n) is 7.15. The van der Waals surface area contributed by atoms with Gasteiger partial charge in [0.1, 0.15) is 0 Å². The fourth-order valence-electron chi connectivity index (χ4n) is 1.18. The van der Waals surface area contributed by atoms with E-state index in [1.807, 2.05) is 109 Å². The van der Waals surface area contributed by atoms with Crippen LogP contribution in [0, 0.1) is 0 Å². The molecular formula is C22H24. The number of hydrogen-bond donors (Lipinski definition) is 0. The van der Waals surface area contributed by atoms with Crippen molar-refractivity contribution in [2.24, 2.45) is 0 Å². The van der Waals surface area contributed by atoms with Crippen molar-refractivity contribution in [2.75, 3.05) is 0 Å². The van der Waals surface area contributed by atoms with E-state index in [4.69, 9.17) is 0 Å². The predicted molar refractivity (Wildman–Crippen MR) is 103 cm³/mol. The van der Waals surface area contributed by atoms with Crippen LogP contribution in [0.25, 0.3) is 0 Å². The molecule has 0 saturated heterocycles. The van der Waals surface area contributed by atoms with E-state index < -0.39 is 0 Å². The number of rotatable bonds is 10. The van der Waals surface area contributed by atoms with Gasteiger partial charge in [-0.25, -0.2) is 0 Å². The van der Waals surface area contributed by atoms with E-state index in [1.54, 1.807) is 12.2 Å². The maximum atomic E-state index is 3.60. The van der Waals surface area contributed by atoms with Crippen LogP contribution in [-0.2, 0) is 0 Å². The Morgan fingerprint density at radius 2 is 0.364 bits per heavy atom. The van der Waals surface area contributed by atoms with Gasteiger partial charge in [0, 0.05) is 0 Å². The van der Waals surface area contributed by atoms with Crippen LogP contribution in [0.5, 0.6) is 0 Å². The van der Waals surface area contributed by atoms with Crippen molar-refractivity contribution in [3.05, 3.63) is 135 Å². The molecule has 0 rings (SSSR count). The monoisotopic (exact) mass is 288 g/mol. The topological polar surface area (TPSA) is 0 Å². The van der Waals surface area contributed by atoms with Crippen LogP contribution in [0.1, 0.15) is 0 Å². The van der Waals surface area contributed by atoms with Gasteiger partial charge in [0.25, 0.3) is 0 Å². The van der Waals surface area contributed by atoms with Crippen molar-refractivity contribution in [3.63, 3.8) is 0 Å². The first-order chi connectivity index (χ1) is 10.9. The standard InChI is InChI=1S/C22H24/c1-3-5-7-9-11-13-15-17-19-21-22-20-18-16-14-12-10-8-6-4-2/h3-22H,1-2H2. The fraction of sp³-hybridized carbons (Fsp3) is 0. The zero-order chi connectivity index (χ0) is 16.1.